The molecule has 4 N–H and O–H groups in total. The van der Waals surface area contributed by atoms with E-state index < -0.39 is 0 Å². The third kappa shape index (κ3) is 3.83. The van der Waals surface area contributed by atoms with Gasteiger partial charge in [0, 0.05) is 21.4 Å². The lowest BCUT2D eigenvalue weighted by Gasteiger charge is -2.12. The molecular weight excluding hydrogens is 333 g/mol. The third-order valence-corrected chi connectivity index (χ3v) is 3.53. The van der Waals surface area contributed by atoms with Gasteiger partial charge in [-0.05, 0) is 36.4 Å². The van der Waals surface area contributed by atoms with Crippen LogP contribution in [0.3, 0.4) is 0 Å². The van der Waals surface area contributed by atoms with Crippen molar-refractivity contribution in [3.63, 3.8) is 0 Å². The van der Waals surface area contributed by atoms with Crippen LogP contribution >= 0.6 is 23.2 Å². The van der Waals surface area contributed by atoms with Gasteiger partial charge in [0.1, 0.15) is 12.0 Å². The summed E-state index contributed by atoms with van der Waals surface area (Å²) in [5.41, 5.74) is 8.11. The molecule has 3 rings (SSSR count). The quantitative estimate of drug-likeness (QED) is 0.629. The van der Waals surface area contributed by atoms with Gasteiger partial charge in [0.2, 0.25) is 0 Å². The highest BCUT2D eigenvalue weighted by Gasteiger charge is 2.09. The van der Waals surface area contributed by atoms with Crippen molar-refractivity contribution >= 4 is 51.9 Å². The molecule has 0 atom stereocenters. The Morgan fingerprint density at radius 3 is 1.70 bits per heavy atom. The number of benzene rings is 2. The van der Waals surface area contributed by atoms with E-state index in [1.165, 1.54) is 6.33 Å². The van der Waals surface area contributed by atoms with Crippen molar-refractivity contribution in [2.24, 2.45) is 0 Å². The highest BCUT2D eigenvalue weighted by atomic mass is 35.5. The van der Waals surface area contributed by atoms with Gasteiger partial charge < -0.3 is 16.4 Å². The third-order valence-electron chi connectivity index (χ3n) is 3.06. The van der Waals surface area contributed by atoms with E-state index in [4.69, 9.17) is 28.9 Å². The van der Waals surface area contributed by atoms with Crippen LogP contribution in [0.5, 0.6) is 0 Å². The van der Waals surface area contributed by atoms with E-state index in [-0.39, 0.29) is 0 Å². The van der Waals surface area contributed by atoms with E-state index in [9.17, 15) is 0 Å². The van der Waals surface area contributed by atoms with Crippen molar-refractivity contribution in [2.45, 2.75) is 0 Å². The van der Waals surface area contributed by atoms with Crippen LogP contribution in [0.2, 0.25) is 10.0 Å². The molecule has 1 heterocycles. The maximum Gasteiger partial charge on any atom is 0.159 e. The van der Waals surface area contributed by atoms with Gasteiger partial charge in [0.05, 0.1) is 0 Å². The normalized spacial score (nSPS) is 10.3. The van der Waals surface area contributed by atoms with Crippen LogP contribution in [-0.4, -0.2) is 9.97 Å². The van der Waals surface area contributed by atoms with Gasteiger partial charge in [-0.3, -0.25) is 0 Å². The van der Waals surface area contributed by atoms with E-state index in [1.807, 2.05) is 24.3 Å². The molecule has 0 saturated carbocycles. The summed E-state index contributed by atoms with van der Waals surface area (Å²) < 4.78 is 0. The van der Waals surface area contributed by atoms with Crippen LogP contribution in [0.1, 0.15) is 0 Å². The van der Waals surface area contributed by atoms with Crippen molar-refractivity contribution in [3.8, 4) is 0 Å². The molecule has 0 bridgehead atoms. The van der Waals surface area contributed by atoms with Crippen LogP contribution in [0, 0.1) is 0 Å². The average molecular weight is 346 g/mol. The number of rotatable bonds is 4. The van der Waals surface area contributed by atoms with Crippen LogP contribution < -0.4 is 16.4 Å². The van der Waals surface area contributed by atoms with E-state index in [0.29, 0.717) is 27.4 Å². The number of halogens is 2. The number of hydrogen-bond acceptors (Lipinski definition) is 5. The van der Waals surface area contributed by atoms with Crippen molar-refractivity contribution in [3.05, 3.63) is 64.9 Å². The molecule has 0 amide bonds. The van der Waals surface area contributed by atoms with Crippen LogP contribution in [-0.2, 0) is 0 Å². The molecule has 3 aromatic rings. The lowest BCUT2D eigenvalue weighted by Crippen LogP contribution is -2.05. The number of nitrogens with one attached hydrogen (secondary N) is 2. The molecule has 1 aromatic heterocycles. The molecule has 0 aliphatic heterocycles. The Balaban J connectivity index is 1.86. The molecular formula is C16H13Cl2N5. The molecule has 0 aliphatic carbocycles. The fourth-order valence-corrected chi connectivity index (χ4v) is 2.38. The van der Waals surface area contributed by atoms with Gasteiger partial charge in [-0.25, -0.2) is 9.97 Å². The summed E-state index contributed by atoms with van der Waals surface area (Å²) in [4.78, 5) is 8.33. The molecule has 5 nitrogen and oxygen atoms in total. The van der Waals surface area contributed by atoms with Crippen LogP contribution in [0.4, 0.5) is 28.7 Å². The Bertz CT molecular complexity index is 772. The van der Waals surface area contributed by atoms with Gasteiger partial charge in [-0.1, -0.05) is 35.3 Å². The number of nitrogen functional groups attached to an aromatic ring is 1. The Morgan fingerprint density at radius 2 is 1.26 bits per heavy atom. The average Bonchev–Trinajstić information content (AvgIpc) is 2.51. The summed E-state index contributed by atoms with van der Waals surface area (Å²) in [5, 5.41) is 7.50. The number of nitrogens with zero attached hydrogens (tertiary/aromatic N) is 2. The second-order valence-electron chi connectivity index (χ2n) is 4.76. The molecule has 0 spiro atoms. The predicted molar refractivity (Wildman–Crippen MR) is 95.9 cm³/mol. The molecule has 0 unspecified atom stereocenters. The molecule has 116 valence electrons. The Morgan fingerprint density at radius 1 is 0.783 bits per heavy atom. The minimum absolute atomic E-state index is 0.396. The van der Waals surface area contributed by atoms with Gasteiger partial charge in [0.25, 0.3) is 0 Å². The first-order valence-corrected chi connectivity index (χ1v) is 7.53. The van der Waals surface area contributed by atoms with Gasteiger partial charge in [-0.15, -0.1) is 0 Å². The Hall–Kier alpha value is -2.50. The molecule has 0 radical (unpaired) electrons. The largest absolute Gasteiger partial charge is 0.393 e. The number of anilines is 5. The van der Waals surface area contributed by atoms with Crippen LogP contribution in [0.15, 0.2) is 54.9 Å². The predicted octanol–water partition coefficient (Wildman–Crippen LogP) is 4.85. The molecule has 23 heavy (non-hydrogen) atoms. The summed E-state index contributed by atoms with van der Waals surface area (Å²) in [6, 6.07) is 14.6. The lowest BCUT2D eigenvalue weighted by molar-refractivity contribution is 1.17. The van der Waals surface area contributed by atoms with Crippen molar-refractivity contribution in [2.75, 3.05) is 16.4 Å². The molecule has 0 fully saturated rings. The maximum atomic E-state index is 6.14. The summed E-state index contributed by atoms with van der Waals surface area (Å²) in [7, 11) is 0. The summed E-state index contributed by atoms with van der Waals surface area (Å²) in [5.74, 6) is 0.985. The fourth-order valence-electron chi connectivity index (χ4n) is 2.00. The highest BCUT2D eigenvalue weighted by molar-refractivity contribution is 6.31. The Kier molecular flexibility index (Phi) is 4.50. The summed E-state index contributed by atoms with van der Waals surface area (Å²) >= 11 is 12.0. The van der Waals surface area contributed by atoms with E-state index in [1.54, 1.807) is 24.3 Å². The summed E-state index contributed by atoms with van der Waals surface area (Å²) in [6.45, 7) is 0. The molecule has 7 heteroatoms. The maximum absolute atomic E-state index is 6.14. The second-order valence-corrected chi connectivity index (χ2v) is 5.63. The zero-order valence-electron chi connectivity index (χ0n) is 11.9. The minimum atomic E-state index is 0.396. The topological polar surface area (TPSA) is 75.9 Å². The second kappa shape index (κ2) is 6.73. The smallest absolute Gasteiger partial charge is 0.159 e. The van der Waals surface area contributed by atoms with E-state index >= 15 is 0 Å². The van der Waals surface area contributed by atoms with E-state index in [0.717, 1.165) is 11.4 Å². The molecule has 0 saturated heterocycles. The number of nitrogens with two attached hydrogens (primary N) is 1. The van der Waals surface area contributed by atoms with E-state index in [2.05, 4.69) is 20.6 Å². The first-order valence-electron chi connectivity index (χ1n) is 6.77. The first-order chi connectivity index (χ1) is 11.1. The van der Waals surface area contributed by atoms with Crippen LogP contribution in [0.25, 0.3) is 0 Å². The highest BCUT2D eigenvalue weighted by Crippen LogP contribution is 2.29. The van der Waals surface area contributed by atoms with Crippen molar-refractivity contribution < 1.29 is 0 Å². The minimum Gasteiger partial charge on any atom is -0.393 e. The van der Waals surface area contributed by atoms with Crippen molar-refractivity contribution in [1.82, 2.24) is 9.97 Å². The van der Waals surface area contributed by atoms with Crippen molar-refractivity contribution in [1.29, 1.82) is 0 Å². The SMILES string of the molecule is Nc1c(Nc2cccc(Cl)c2)ncnc1Nc1cccc(Cl)c1. The fraction of sp³-hybridized carbons (Fsp3) is 0. The first kappa shape index (κ1) is 15.4. The standard InChI is InChI=1S/C16H13Cl2N5/c17-10-3-1-5-12(7-10)22-15-14(19)16(21-9-20-15)23-13-6-2-4-11(18)8-13/h1-9H,19H2,(H2,20,21,22,23). The van der Waals surface area contributed by atoms with Gasteiger partial charge in [0.15, 0.2) is 11.6 Å². The van der Waals surface area contributed by atoms with Gasteiger partial charge >= 0.3 is 0 Å². The lowest BCUT2D eigenvalue weighted by atomic mass is 10.3. The molecule has 2 aromatic carbocycles. The molecule has 0 aliphatic rings. The zero-order chi connectivity index (χ0) is 16.2. The summed E-state index contributed by atoms with van der Waals surface area (Å²) in [6.07, 6.45) is 1.43. The zero-order valence-corrected chi connectivity index (χ0v) is 13.4. The number of aromatic nitrogens is 2. The monoisotopic (exact) mass is 345 g/mol. The van der Waals surface area contributed by atoms with Gasteiger partial charge in [-0.2, -0.15) is 0 Å². The number of hydrogen-bond donors (Lipinski definition) is 3. The Labute approximate surface area is 143 Å².